The summed E-state index contributed by atoms with van der Waals surface area (Å²) in [7, 11) is 1.90. The molecule has 0 aromatic rings. The fourth-order valence-corrected chi connectivity index (χ4v) is 5.41. The minimum Gasteiger partial charge on any atom is -0.377 e. The number of hydrogen-bond donors (Lipinski definition) is 2. The number of piperidine rings is 1. The van der Waals surface area contributed by atoms with Crippen molar-refractivity contribution < 1.29 is 4.74 Å². The molecule has 4 rings (SSSR count). The van der Waals surface area contributed by atoms with Gasteiger partial charge >= 0.3 is 0 Å². The number of fused-ring (bicyclic) bond motifs is 2. The molecule has 0 radical (unpaired) electrons. The summed E-state index contributed by atoms with van der Waals surface area (Å²) < 4.78 is 6.03. The van der Waals surface area contributed by atoms with Crippen molar-refractivity contribution in [2.75, 3.05) is 33.3 Å². The van der Waals surface area contributed by atoms with Crippen molar-refractivity contribution in [2.45, 2.75) is 56.7 Å². The summed E-state index contributed by atoms with van der Waals surface area (Å²) in [6.07, 6.45) is 10.1. The highest BCUT2D eigenvalue weighted by atomic mass is 16.5. The number of likely N-dealkylation sites (tertiary alicyclic amines) is 1. The van der Waals surface area contributed by atoms with Gasteiger partial charge in [0.25, 0.3) is 0 Å². The van der Waals surface area contributed by atoms with Crippen LogP contribution < -0.4 is 10.6 Å². The molecule has 134 valence electrons. The van der Waals surface area contributed by atoms with E-state index >= 15 is 0 Å². The molecule has 0 bridgehead atoms. The Kier molecular flexibility index (Phi) is 4.56. The lowest BCUT2D eigenvalue weighted by molar-refractivity contribution is -0.171. The molecule has 0 amide bonds. The number of rotatable bonds is 4. The molecule has 3 atom stereocenters. The van der Waals surface area contributed by atoms with Crippen molar-refractivity contribution in [1.29, 1.82) is 0 Å². The minimum atomic E-state index is 0.409. The average molecular weight is 332 g/mol. The van der Waals surface area contributed by atoms with Crippen molar-refractivity contribution in [3.05, 3.63) is 12.7 Å². The standard InChI is InChI=1S/C19H32N4O/c1-3-10-23-11-5-14(6-12-23)21-18(20-2)22-16-15-7-13-24-17(15)19(16)8-4-9-19/h3,14-17H,1,4-13H2,2H3,(H2,20,21,22). The van der Waals surface area contributed by atoms with Crippen LogP contribution in [0.1, 0.15) is 38.5 Å². The molecule has 2 aliphatic heterocycles. The second-order valence-electron chi connectivity index (χ2n) is 8.03. The molecule has 3 unspecified atom stereocenters. The van der Waals surface area contributed by atoms with Gasteiger partial charge in [-0.05, 0) is 32.1 Å². The Morgan fingerprint density at radius 1 is 1.29 bits per heavy atom. The van der Waals surface area contributed by atoms with Crippen LogP contribution in [0.4, 0.5) is 0 Å². The lowest BCUT2D eigenvalue weighted by Gasteiger charge is -2.63. The summed E-state index contributed by atoms with van der Waals surface area (Å²) in [5, 5.41) is 7.46. The number of nitrogens with one attached hydrogen (secondary N) is 2. The van der Waals surface area contributed by atoms with Gasteiger partial charge in [-0.25, -0.2) is 0 Å². The molecule has 4 aliphatic rings. The largest absolute Gasteiger partial charge is 0.377 e. The minimum absolute atomic E-state index is 0.409. The molecule has 2 aliphatic carbocycles. The average Bonchev–Trinajstić information content (AvgIpc) is 2.97. The Balaban J connectivity index is 1.31. The van der Waals surface area contributed by atoms with Crippen LogP contribution in [0.15, 0.2) is 17.6 Å². The predicted octanol–water partition coefficient (Wildman–Crippen LogP) is 1.76. The second kappa shape index (κ2) is 6.68. The van der Waals surface area contributed by atoms with Gasteiger partial charge in [0.1, 0.15) is 0 Å². The van der Waals surface area contributed by atoms with Crippen LogP contribution in [0.2, 0.25) is 0 Å². The summed E-state index contributed by atoms with van der Waals surface area (Å²) in [6.45, 7) is 8.09. The number of guanidine groups is 1. The number of hydrogen-bond acceptors (Lipinski definition) is 3. The number of ether oxygens (including phenoxy) is 1. The van der Waals surface area contributed by atoms with Crippen molar-refractivity contribution in [3.63, 3.8) is 0 Å². The Bertz CT molecular complexity index is 494. The van der Waals surface area contributed by atoms with E-state index in [1.807, 2.05) is 13.1 Å². The van der Waals surface area contributed by atoms with Gasteiger partial charge in [-0.15, -0.1) is 6.58 Å². The van der Waals surface area contributed by atoms with E-state index in [1.54, 1.807) is 0 Å². The third kappa shape index (κ3) is 2.66. The van der Waals surface area contributed by atoms with Gasteiger partial charge in [0, 0.05) is 56.7 Å². The van der Waals surface area contributed by atoms with Gasteiger partial charge in [-0.1, -0.05) is 12.5 Å². The highest BCUT2D eigenvalue weighted by Crippen LogP contribution is 2.62. The molecular formula is C19H32N4O. The topological polar surface area (TPSA) is 48.9 Å². The summed E-state index contributed by atoms with van der Waals surface area (Å²) in [6, 6.07) is 1.09. The highest BCUT2D eigenvalue weighted by Gasteiger charge is 2.66. The van der Waals surface area contributed by atoms with Crippen molar-refractivity contribution in [1.82, 2.24) is 15.5 Å². The molecule has 1 spiro atoms. The van der Waals surface area contributed by atoms with Crippen molar-refractivity contribution in [3.8, 4) is 0 Å². The van der Waals surface area contributed by atoms with E-state index in [2.05, 4.69) is 27.1 Å². The van der Waals surface area contributed by atoms with E-state index < -0.39 is 0 Å². The molecule has 4 fully saturated rings. The molecular weight excluding hydrogens is 300 g/mol. The van der Waals surface area contributed by atoms with Crippen LogP contribution in [0.3, 0.4) is 0 Å². The van der Waals surface area contributed by atoms with Gasteiger partial charge in [0.2, 0.25) is 0 Å². The van der Waals surface area contributed by atoms with Crippen molar-refractivity contribution in [2.24, 2.45) is 16.3 Å². The summed E-state index contributed by atoms with van der Waals surface area (Å²) in [4.78, 5) is 6.99. The van der Waals surface area contributed by atoms with Gasteiger partial charge < -0.3 is 15.4 Å². The zero-order valence-corrected chi connectivity index (χ0v) is 15.0. The van der Waals surface area contributed by atoms with E-state index in [0.717, 1.165) is 32.2 Å². The molecule has 2 saturated carbocycles. The first-order valence-electron chi connectivity index (χ1n) is 9.71. The monoisotopic (exact) mass is 332 g/mol. The maximum absolute atomic E-state index is 6.03. The van der Waals surface area contributed by atoms with E-state index in [1.165, 1.54) is 38.5 Å². The molecule has 2 saturated heterocycles. The zero-order valence-electron chi connectivity index (χ0n) is 15.0. The summed E-state index contributed by atoms with van der Waals surface area (Å²) in [5.74, 6) is 1.69. The first kappa shape index (κ1) is 16.4. The Labute approximate surface area is 145 Å². The van der Waals surface area contributed by atoms with Crippen molar-refractivity contribution >= 4 is 5.96 Å². The Morgan fingerprint density at radius 3 is 2.71 bits per heavy atom. The van der Waals surface area contributed by atoms with Crippen LogP contribution in [0.5, 0.6) is 0 Å². The first-order chi connectivity index (χ1) is 11.8. The second-order valence-corrected chi connectivity index (χ2v) is 8.03. The molecule has 2 heterocycles. The third-order valence-corrected chi connectivity index (χ3v) is 6.87. The quantitative estimate of drug-likeness (QED) is 0.468. The highest BCUT2D eigenvalue weighted by molar-refractivity contribution is 5.80. The molecule has 0 aromatic carbocycles. The number of nitrogens with zero attached hydrogens (tertiary/aromatic N) is 2. The molecule has 0 aromatic heterocycles. The van der Waals surface area contributed by atoms with Crippen LogP contribution in [-0.4, -0.2) is 62.3 Å². The van der Waals surface area contributed by atoms with Crippen LogP contribution in [0.25, 0.3) is 0 Å². The SMILES string of the molecule is C=CCN1CCC(NC(=NC)NC2C3CCOC3C23CCC3)CC1. The lowest BCUT2D eigenvalue weighted by Crippen LogP contribution is -2.72. The van der Waals surface area contributed by atoms with Crippen LogP contribution in [0, 0.1) is 11.3 Å². The van der Waals surface area contributed by atoms with Gasteiger partial charge in [0.15, 0.2) is 5.96 Å². The van der Waals surface area contributed by atoms with Gasteiger partial charge in [-0.2, -0.15) is 0 Å². The van der Waals surface area contributed by atoms with Crippen LogP contribution >= 0.6 is 0 Å². The summed E-state index contributed by atoms with van der Waals surface area (Å²) >= 11 is 0. The van der Waals surface area contributed by atoms with Gasteiger partial charge in [0.05, 0.1) is 6.10 Å². The Morgan fingerprint density at radius 2 is 2.08 bits per heavy atom. The maximum Gasteiger partial charge on any atom is 0.191 e. The Hall–Kier alpha value is -1.07. The molecule has 5 heteroatoms. The third-order valence-electron chi connectivity index (χ3n) is 6.87. The van der Waals surface area contributed by atoms with Gasteiger partial charge in [-0.3, -0.25) is 9.89 Å². The lowest BCUT2D eigenvalue weighted by atomic mass is 9.46. The molecule has 5 nitrogen and oxygen atoms in total. The normalized spacial score (nSPS) is 35.9. The van der Waals surface area contributed by atoms with Crippen LogP contribution in [-0.2, 0) is 4.74 Å². The fourth-order valence-electron chi connectivity index (χ4n) is 5.41. The van der Waals surface area contributed by atoms with E-state index in [0.29, 0.717) is 29.5 Å². The number of aliphatic imine (C=N–C) groups is 1. The summed E-state index contributed by atoms with van der Waals surface area (Å²) in [5.41, 5.74) is 0.409. The fraction of sp³-hybridized carbons (Fsp3) is 0.842. The predicted molar refractivity (Wildman–Crippen MR) is 97.2 cm³/mol. The smallest absolute Gasteiger partial charge is 0.191 e. The maximum atomic E-state index is 6.03. The molecule has 2 N–H and O–H groups in total. The van der Waals surface area contributed by atoms with E-state index in [4.69, 9.17) is 4.74 Å². The van der Waals surface area contributed by atoms with E-state index in [9.17, 15) is 0 Å². The zero-order chi connectivity index (χ0) is 16.6. The molecule has 24 heavy (non-hydrogen) atoms. The van der Waals surface area contributed by atoms with E-state index in [-0.39, 0.29) is 0 Å². The first-order valence-corrected chi connectivity index (χ1v) is 9.71.